The van der Waals surface area contributed by atoms with Crippen LogP contribution in [0.25, 0.3) is 0 Å². The van der Waals surface area contributed by atoms with Gasteiger partial charge in [-0.15, -0.1) is 0 Å². The molecule has 0 aromatic heterocycles. The average Bonchev–Trinajstić information content (AvgIpc) is 3.18. The smallest absolute Gasteiger partial charge is 0.274 e. The number of hydrogen-bond donors (Lipinski definition) is 2. The number of nitrogens with zero attached hydrogens (tertiary/aromatic N) is 2. The SMILES string of the molecule is Cc1ccc(C(=O)N2N=C(c3ccccc3NS(C)(=O)=O)C[C@@H]2c2ccccc2O)cc1. The van der Waals surface area contributed by atoms with Gasteiger partial charge in [-0.2, -0.15) is 5.10 Å². The molecule has 0 radical (unpaired) electrons. The molecule has 8 heteroatoms. The fourth-order valence-corrected chi connectivity index (χ4v) is 4.30. The highest BCUT2D eigenvalue weighted by molar-refractivity contribution is 7.92. The van der Waals surface area contributed by atoms with E-state index in [4.69, 9.17) is 0 Å². The average molecular weight is 450 g/mol. The number of carbonyl (C=O) groups is 1. The molecule has 4 rings (SSSR count). The van der Waals surface area contributed by atoms with Crippen molar-refractivity contribution in [3.8, 4) is 5.75 Å². The van der Waals surface area contributed by atoms with Gasteiger partial charge in [0.15, 0.2) is 0 Å². The molecule has 2 N–H and O–H groups in total. The van der Waals surface area contributed by atoms with Crippen LogP contribution >= 0.6 is 0 Å². The Morgan fingerprint density at radius 3 is 2.38 bits per heavy atom. The van der Waals surface area contributed by atoms with Crippen LogP contribution in [0.3, 0.4) is 0 Å². The normalized spacial score (nSPS) is 16.0. The third-order valence-corrected chi connectivity index (χ3v) is 5.84. The predicted molar refractivity (Wildman–Crippen MR) is 124 cm³/mol. The number of nitrogens with one attached hydrogen (secondary N) is 1. The third kappa shape index (κ3) is 4.50. The highest BCUT2D eigenvalue weighted by Crippen LogP contribution is 2.38. The maximum Gasteiger partial charge on any atom is 0.274 e. The zero-order valence-electron chi connectivity index (χ0n) is 17.7. The van der Waals surface area contributed by atoms with Gasteiger partial charge in [-0.25, -0.2) is 13.4 Å². The monoisotopic (exact) mass is 449 g/mol. The van der Waals surface area contributed by atoms with E-state index in [-0.39, 0.29) is 11.7 Å². The second-order valence-corrected chi connectivity index (χ2v) is 9.51. The van der Waals surface area contributed by atoms with Crippen molar-refractivity contribution < 1.29 is 18.3 Å². The van der Waals surface area contributed by atoms with E-state index in [1.165, 1.54) is 5.01 Å². The summed E-state index contributed by atoms with van der Waals surface area (Å²) in [7, 11) is -3.50. The highest BCUT2D eigenvalue weighted by Gasteiger charge is 2.35. The first-order chi connectivity index (χ1) is 15.2. The van der Waals surface area contributed by atoms with E-state index >= 15 is 0 Å². The summed E-state index contributed by atoms with van der Waals surface area (Å²) in [6.07, 6.45) is 1.40. The van der Waals surface area contributed by atoms with E-state index in [9.17, 15) is 18.3 Å². The number of rotatable bonds is 5. The lowest BCUT2D eigenvalue weighted by molar-refractivity contribution is 0.0709. The number of para-hydroxylation sites is 2. The first-order valence-corrected chi connectivity index (χ1v) is 11.9. The Labute approximate surface area is 187 Å². The third-order valence-electron chi connectivity index (χ3n) is 5.25. The zero-order valence-corrected chi connectivity index (χ0v) is 18.5. The van der Waals surface area contributed by atoms with Crippen molar-refractivity contribution in [2.75, 3.05) is 11.0 Å². The minimum absolute atomic E-state index is 0.0678. The van der Waals surface area contributed by atoms with Crippen LogP contribution in [-0.2, 0) is 10.0 Å². The number of carbonyl (C=O) groups excluding carboxylic acids is 1. The standard InChI is InChI=1S/C24H23N3O4S/c1-16-11-13-17(14-12-16)24(29)27-22(19-8-4-6-10-23(19)28)15-21(25-27)18-7-3-5-9-20(18)26-32(2,30)31/h3-14,22,26,28H,15H2,1-2H3/t22-/m1/s1. The van der Waals surface area contributed by atoms with Crippen LogP contribution in [-0.4, -0.2) is 36.4 Å². The van der Waals surface area contributed by atoms with Crippen LogP contribution in [0.1, 0.15) is 39.5 Å². The molecule has 7 nitrogen and oxygen atoms in total. The number of hydrogen-bond acceptors (Lipinski definition) is 5. The summed E-state index contributed by atoms with van der Waals surface area (Å²) in [6.45, 7) is 1.94. The fraction of sp³-hybridized carbons (Fsp3) is 0.167. The van der Waals surface area contributed by atoms with Crippen LogP contribution in [0.5, 0.6) is 5.75 Å². The Bertz CT molecular complexity index is 1300. The lowest BCUT2D eigenvalue weighted by Gasteiger charge is -2.22. The molecule has 0 saturated carbocycles. The molecule has 3 aromatic rings. The van der Waals surface area contributed by atoms with Crippen LogP contribution in [0, 0.1) is 6.92 Å². The van der Waals surface area contributed by atoms with Gasteiger partial charge in [0, 0.05) is 23.1 Å². The lowest BCUT2D eigenvalue weighted by Crippen LogP contribution is -2.27. The minimum atomic E-state index is -3.50. The minimum Gasteiger partial charge on any atom is -0.508 e. The molecule has 0 bridgehead atoms. The van der Waals surface area contributed by atoms with Crippen molar-refractivity contribution in [1.29, 1.82) is 0 Å². The van der Waals surface area contributed by atoms with Crippen molar-refractivity contribution in [2.24, 2.45) is 5.10 Å². The van der Waals surface area contributed by atoms with E-state index < -0.39 is 16.1 Å². The van der Waals surface area contributed by atoms with Gasteiger partial charge in [0.25, 0.3) is 5.91 Å². The van der Waals surface area contributed by atoms with Crippen molar-refractivity contribution in [3.63, 3.8) is 0 Å². The number of anilines is 1. The first kappa shape index (κ1) is 21.6. The van der Waals surface area contributed by atoms with Crippen LogP contribution in [0.15, 0.2) is 77.9 Å². The number of phenolic OH excluding ortho intramolecular Hbond substituents is 1. The summed E-state index contributed by atoms with van der Waals surface area (Å²) in [6, 6.07) is 20.4. The van der Waals surface area contributed by atoms with Crippen molar-refractivity contribution >= 4 is 27.3 Å². The highest BCUT2D eigenvalue weighted by atomic mass is 32.2. The second kappa shape index (κ2) is 8.47. The molecule has 0 unspecified atom stereocenters. The quantitative estimate of drug-likeness (QED) is 0.613. The van der Waals surface area contributed by atoms with Crippen LogP contribution < -0.4 is 4.72 Å². The Kier molecular flexibility index (Phi) is 5.71. The number of aromatic hydroxyl groups is 1. The zero-order chi connectivity index (χ0) is 22.9. The first-order valence-electron chi connectivity index (χ1n) is 10.1. The van der Waals surface area contributed by atoms with Gasteiger partial charge in [-0.3, -0.25) is 9.52 Å². The summed E-state index contributed by atoms with van der Waals surface area (Å²) in [5.74, 6) is -0.236. The van der Waals surface area contributed by atoms with Crippen molar-refractivity contribution in [1.82, 2.24) is 5.01 Å². The van der Waals surface area contributed by atoms with E-state index in [0.717, 1.165) is 11.8 Å². The Hall–Kier alpha value is -3.65. The van der Waals surface area contributed by atoms with E-state index in [0.29, 0.717) is 34.5 Å². The topological polar surface area (TPSA) is 99.1 Å². The molecule has 0 saturated heterocycles. The molecule has 0 aliphatic carbocycles. The van der Waals surface area contributed by atoms with Crippen LogP contribution in [0.4, 0.5) is 5.69 Å². The molecule has 1 aliphatic heterocycles. The van der Waals surface area contributed by atoms with Gasteiger partial charge < -0.3 is 5.11 Å². The molecule has 1 aliphatic rings. The van der Waals surface area contributed by atoms with E-state index in [1.54, 1.807) is 60.7 Å². The Morgan fingerprint density at radius 1 is 1.03 bits per heavy atom. The molecule has 1 heterocycles. The summed E-state index contributed by atoms with van der Waals surface area (Å²) < 4.78 is 26.2. The Morgan fingerprint density at radius 2 is 1.69 bits per heavy atom. The number of sulfonamides is 1. The van der Waals surface area contributed by atoms with Gasteiger partial charge >= 0.3 is 0 Å². The fourth-order valence-electron chi connectivity index (χ4n) is 3.72. The molecular weight excluding hydrogens is 426 g/mol. The number of hydrazone groups is 1. The molecular formula is C24H23N3O4S. The summed E-state index contributed by atoms with van der Waals surface area (Å²) in [4.78, 5) is 13.4. The van der Waals surface area contributed by atoms with Gasteiger partial charge in [-0.05, 0) is 31.2 Å². The Balaban J connectivity index is 1.79. The summed E-state index contributed by atoms with van der Waals surface area (Å²) in [5, 5.41) is 16.4. The predicted octanol–water partition coefficient (Wildman–Crippen LogP) is 4.06. The molecule has 0 spiro atoms. The maximum atomic E-state index is 13.4. The number of phenols is 1. The molecule has 32 heavy (non-hydrogen) atoms. The van der Waals surface area contributed by atoms with Gasteiger partial charge in [0.05, 0.1) is 23.7 Å². The lowest BCUT2D eigenvalue weighted by atomic mass is 9.96. The van der Waals surface area contributed by atoms with E-state index in [2.05, 4.69) is 9.82 Å². The number of benzene rings is 3. The van der Waals surface area contributed by atoms with Crippen molar-refractivity contribution in [3.05, 3.63) is 95.1 Å². The van der Waals surface area contributed by atoms with Crippen LogP contribution in [0.2, 0.25) is 0 Å². The molecule has 1 atom stereocenters. The van der Waals surface area contributed by atoms with Gasteiger partial charge in [0.2, 0.25) is 10.0 Å². The molecule has 164 valence electrons. The largest absolute Gasteiger partial charge is 0.508 e. The van der Waals surface area contributed by atoms with E-state index in [1.807, 2.05) is 19.1 Å². The summed E-state index contributed by atoms with van der Waals surface area (Å²) in [5.41, 5.74) is 3.59. The molecule has 0 fully saturated rings. The number of amides is 1. The second-order valence-electron chi connectivity index (χ2n) is 7.76. The maximum absolute atomic E-state index is 13.4. The van der Waals surface area contributed by atoms with Crippen molar-refractivity contribution in [2.45, 2.75) is 19.4 Å². The van der Waals surface area contributed by atoms with Gasteiger partial charge in [0.1, 0.15) is 5.75 Å². The summed E-state index contributed by atoms with van der Waals surface area (Å²) >= 11 is 0. The van der Waals surface area contributed by atoms with Gasteiger partial charge in [-0.1, -0.05) is 54.1 Å². The number of aryl methyl sites for hydroxylation is 1. The molecule has 1 amide bonds. The molecule has 3 aromatic carbocycles.